The Bertz CT molecular complexity index is 1140. The molecular formula is C25H21IN2O2S. The summed E-state index contributed by atoms with van der Waals surface area (Å²) in [5.74, 6) is 0.587. The highest BCUT2D eigenvalue weighted by Crippen LogP contribution is 2.31. The highest BCUT2D eigenvalue weighted by atomic mass is 127. The molecule has 1 aliphatic heterocycles. The molecule has 0 atom stereocenters. The molecule has 0 aromatic heterocycles. The molecule has 0 saturated carbocycles. The molecule has 3 aromatic carbocycles. The molecule has 0 aliphatic carbocycles. The van der Waals surface area contributed by atoms with E-state index < -0.39 is 0 Å². The maximum Gasteiger partial charge on any atom is 0.264 e. The number of nitrogens with one attached hydrogen (secondary N) is 1. The molecule has 1 heterocycles. The van der Waals surface area contributed by atoms with Gasteiger partial charge in [0.15, 0.2) is 5.17 Å². The number of amidine groups is 1. The van der Waals surface area contributed by atoms with Crippen LogP contribution in [0.5, 0.6) is 5.75 Å². The number of carbonyl (C=O) groups excluding carboxylic acids is 1. The average Bonchev–Trinajstić information content (AvgIpc) is 3.13. The molecule has 0 radical (unpaired) electrons. The monoisotopic (exact) mass is 540 g/mol. The number of thioether (sulfide) groups is 1. The van der Waals surface area contributed by atoms with Crippen LogP contribution >= 0.6 is 34.4 Å². The molecule has 31 heavy (non-hydrogen) atoms. The summed E-state index contributed by atoms with van der Waals surface area (Å²) >= 11 is 3.62. The Labute approximate surface area is 200 Å². The predicted molar refractivity (Wildman–Crippen MR) is 137 cm³/mol. The van der Waals surface area contributed by atoms with Crippen LogP contribution in [-0.2, 0) is 17.8 Å². The summed E-state index contributed by atoms with van der Waals surface area (Å²) in [5, 5.41) is 3.43. The van der Waals surface area contributed by atoms with Crippen LogP contribution in [0.4, 0.5) is 5.69 Å². The van der Waals surface area contributed by atoms with E-state index in [0.29, 0.717) is 16.7 Å². The normalized spacial score (nSPS) is 16.0. The van der Waals surface area contributed by atoms with E-state index in [1.807, 2.05) is 42.5 Å². The second-order valence-corrected chi connectivity index (χ2v) is 9.23. The number of hydrogen-bond acceptors (Lipinski definition) is 4. The Balaban J connectivity index is 1.49. The molecule has 0 bridgehead atoms. The summed E-state index contributed by atoms with van der Waals surface area (Å²) in [6.07, 6.45) is 2.84. The van der Waals surface area contributed by atoms with Crippen LogP contribution in [-0.4, -0.2) is 11.1 Å². The third-order valence-electron chi connectivity index (χ3n) is 4.74. The molecule has 1 amide bonds. The number of rotatable bonds is 6. The van der Waals surface area contributed by atoms with E-state index in [-0.39, 0.29) is 5.91 Å². The lowest BCUT2D eigenvalue weighted by atomic mass is 10.2. The lowest BCUT2D eigenvalue weighted by molar-refractivity contribution is -0.115. The minimum absolute atomic E-state index is 0.152. The maximum absolute atomic E-state index is 12.5. The lowest BCUT2D eigenvalue weighted by Crippen LogP contribution is -2.19. The van der Waals surface area contributed by atoms with Crippen molar-refractivity contribution in [3.63, 3.8) is 0 Å². The Morgan fingerprint density at radius 2 is 1.71 bits per heavy atom. The molecule has 1 aliphatic rings. The van der Waals surface area contributed by atoms with Crippen LogP contribution in [0.3, 0.4) is 0 Å². The van der Waals surface area contributed by atoms with Crippen molar-refractivity contribution in [2.24, 2.45) is 4.99 Å². The largest absolute Gasteiger partial charge is 0.488 e. The van der Waals surface area contributed by atoms with Gasteiger partial charge in [-0.2, -0.15) is 0 Å². The summed E-state index contributed by atoms with van der Waals surface area (Å²) < 4.78 is 7.22. The highest BCUT2D eigenvalue weighted by molar-refractivity contribution is 14.1. The smallest absolute Gasteiger partial charge is 0.264 e. The molecular weight excluding hydrogens is 519 g/mol. The van der Waals surface area contributed by atoms with Crippen LogP contribution in [0.2, 0.25) is 0 Å². The first-order valence-electron chi connectivity index (χ1n) is 9.95. The van der Waals surface area contributed by atoms with Gasteiger partial charge in [-0.1, -0.05) is 49.4 Å². The Kier molecular flexibility index (Phi) is 7.09. The molecule has 0 spiro atoms. The topological polar surface area (TPSA) is 50.7 Å². The van der Waals surface area contributed by atoms with E-state index in [1.165, 1.54) is 20.9 Å². The zero-order chi connectivity index (χ0) is 21.6. The van der Waals surface area contributed by atoms with Gasteiger partial charge in [-0.05, 0) is 88.3 Å². The summed E-state index contributed by atoms with van der Waals surface area (Å²) in [4.78, 5) is 17.6. The van der Waals surface area contributed by atoms with Gasteiger partial charge in [0.2, 0.25) is 0 Å². The predicted octanol–water partition coefficient (Wildman–Crippen LogP) is 6.32. The summed E-state index contributed by atoms with van der Waals surface area (Å²) in [6, 6.07) is 24.0. The zero-order valence-electron chi connectivity index (χ0n) is 17.0. The molecule has 156 valence electrons. The van der Waals surface area contributed by atoms with Crippen LogP contribution in [0.25, 0.3) is 6.08 Å². The van der Waals surface area contributed by atoms with Crippen molar-refractivity contribution >= 4 is 57.2 Å². The van der Waals surface area contributed by atoms with E-state index in [0.717, 1.165) is 29.0 Å². The zero-order valence-corrected chi connectivity index (χ0v) is 19.9. The average molecular weight is 540 g/mol. The van der Waals surface area contributed by atoms with E-state index in [9.17, 15) is 4.79 Å². The van der Waals surface area contributed by atoms with Gasteiger partial charge in [-0.3, -0.25) is 4.79 Å². The lowest BCUT2D eigenvalue weighted by Gasteiger charge is -2.09. The standard InChI is InChI=1S/C25H21IN2O2S/c1-2-17-9-13-21(14-10-17)27-25-28-24(29)23(31-25)15-19-5-3-4-6-22(19)30-16-18-7-11-20(26)12-8-18/h3-15H,2,16H2,1H3,(H,27,28,29)/b23-15-. The number of para-hydroxylation sites is 1. The molecule has 6 heteroatoms. The van der Waals surface area contributed by atoms with E-state index in [1.54, 1.807) is 0 Å². The Hall–Kier alpha value is -2.58. The van der Waals surface area contributed by atoms with Gasteiger partial charge in [0.1, 0.15) is 12.4 Å². The summed E-state index contributed by atoms with van der Waals surface area (Å²) in [7, 11) is 0. The van der Waals surface area contributed by atoms with Crippen LogP contribution in [0.1, 0.15) is 23.6 Å². The van der Waals surface area contributed by atoms with Gasteiger partial charge in [-0.25, -0.2) is 4.99 Å². The van der Waals surface area contributed by atoms with Crippen molar-refractivity contribution in [3.05, 3.63) is 98.0 Å². The van der Waals surface area contributed by atoms with Crippen molar-refractivity contribution in [2.45, 2.75) is 20.0 Å². The van der Waals surface area contributed by atoms with Crippen molar-refractivity contribution in [1.29, 1.82) is 0 Å². The van der Waals surface area contributed by atoms with Crippen LogP contribution < -0.4 is 10.1 Å². The quantitative estimate of drug-likeness (QED) is 0.294. The Morgan fingerprint density at radius 3 is 2.45 bits per heavy atom. The van der Waals surface area contributed by atoms with Crippen LogP contribution in [0.15, 0.2) is 82.7 Å². The fourth-order valence-electron chi connectivity index (χ4n) is 3.02. The van der Waals surface area contributed by atoms with Crippen molar-refractivity contribution in [3.8, 4) is 5.75 Å². The maximum atomic E-state index is 12.5. The third kappa shape index (κ3) is 5.77. The third-order valence-corrected chi connectivity index (χ3v) is 6.37. The van der Waals surface area contributed by atoms with Gasteiger partial charge < -0.3 is 10.1 Å². The molecule has 1 N–H and O–H groups in total. The van der Waals surface area contributed by atoms with Crippen molar-refractivity contribution in [1.82, 2.24) is 5.32 Å². The SMILES string of the molecule is CCc1ccc(N=C2NC(=O)/C(=C/c3ccccc3OCc3ccc(I)cc3)S2)cc1. The summed E-state index contributed by atoms with van der Waals surface area (Å²) in [5.41, 5.74) is 4.04. The number of halogens is 1. The highest BCUT2D eigenvalue weighted by Gasteiger charge is 2.24. The first-order chi connectivity index (χ1) is 15.1. The van der Waals surface area contributed by atoms with E-state index >= 15 is 0 Å². The van der Waals surface area contributed by atoms with E-state index in [4.69, 9.17) is 4.74 Å². The number of aliphatic imine (C=N–C) groups is 1. The molecule has 4 rings (SSSR count). The van der Waals surface area contributed by atoms with Gasteiger partial charge in [0.05, 0.1) is 10.6 Å². The molecule has 3 aromatic rings. The number of carbonyl (C=O) groups is 1. The number of amides is 1. The number of benzene rings is 3. The first-order valence-corrected chi connectivity index (χ1v) is 11.8. The van der Waals surface area contributed by atoms with Gasteiger partial charge >= 0.3 is 0 Å². The van der Waals surface area contributed by atoms with Gasteiger partial charge in [0.25, 0.3) is 5.91 Å². The second-order valence-electron chi connectivity index (χ2n) is 6.95. The number of aryl methyl sites for hydroxylation is 1. The fourth-order valence-corrected chi connectivity index (χ4v) is 4.21. The van der Waals surface area contributed by atoms with Crippen molar-refractivity contribution in [2.75, 3.05) is 0 Å². The number of nitrogens with zero attached hydrogens (tertiary/aromatic N) is 1. The van der Waals surface area contributed by atoms with Gasteiger partial charge in [0, 0.05) is 9.13 Å². The Morgan fingerprint density at radius 1 is 1.00 bits per heavy atom. The molecule has 1 saturated heterocycles. The number of ether oxygens (including phenoxy) is 1. The molecule has 4 nitrogen and oxygen atoms in total. The van der Waals surface area contributed by atoms with Gasteiger partial charge in [-0.15, -0.1) is 0 Å². The number of hydrogen-bond donors (Lipinski definition) is 1. The summed E-state index contributed by atoms with van der Waals surface area (Å²) in [6.45, 7) is 2.59. The fraction of sp³-hybridized carbons (Fsp3) is 0.120. The first kappa shape index (κ1) is 21.6. The minimum atomic E-state index is -0.152. The van der Waals surface area contributed by atoms with Crippen LogP contribution in [0, 0.1) is 3.57 Å². The second kappa shape index (κ2) is 10.2. The molecule has 0 unspecified atom stereocenters. The van der Waals surface area contributed by atoms with Crippen molar-refractivity contribution < 1.29 is 9.53 Å². The van der Waals surface area contributed by atoms with E-state index in [2.05, 4.69) is 76.2 Å². The molecule has 1 fully saturated rings. The minimum Gasteiger partial charge on any atom is -0.488 e.